The molecule has 0 bridgehead atoms. The summed E-state index contributed by atoms with van der Waals surface area (Å²) in [6.07, 6.45) is 0.627. The van der Waals surface area contributed by atoms with Crippen LogP contribution in [0.1, 0.15) is 45.7 Å². The van der Waals surface area contributed by atoms with Crippen molar-refractivity contribution >= 4 is 9.84 Å². The first-order valence-electron chi connectivity index (χ1n) is 7.42. The lowest BCUT2D eigenvalue weighted by atomic mass is 10.0. The maximum atomic E-state index is 12.6. The van der Waals surface area contributed by atoms with Gasteiger partial charge in [-0.3, -0.25) is 0 Å². The highest BCUT2D eigenvalue weighted by Gasteiger charge is 2.32. The lowest BCUT2D eigenvalue weighted by molar-refractivity contribution is 0.483. The number of rotatable bonds is 8. The molecule has 2 unspecified atom stereocenters. The van der Waals surface area contributed by atoms with E-state index in [1.807, 2.05) is 58.0 Å². The van der Waals surface area contributed by atoms with E-state index in [1.165, 1.54) is 0 Å². The normalized spacial score (nSPS) is 15.2. The molecule has 0 saturated carbocycles. The Morgan fingerprint density at radius 2 is 1.70 bits per heavy atom. The van der Waals surface area contributed by atoms with E-state index in [-0.39, 0.29) is 23.0 Å². The summed E-state index contributed by atoms with van der Waals surface area (Å²) in [5, 5.41) is 2.98. The zero-order valence-electron chi connectivity index (χ0n) is 13.0. The molecule has 0 amide bonds. The Bertz CT molecular complexity index is 482. The van der Waals surface area contributed by atoms with Crippen LogP contribution in [0, 0.1) is 5.92 Å². The molecule has 1 N–H and O–H groups in total. The third kappa shape index (κ3) is 4.60. The summed E-state index contributed by atoms with van der Waals surface area (Å²) in [6, 6.07) is 9.75. The lowest BCUT2D eigenvalue weighted by Crippen LogP contribution is -2.39. The first-order valence-corrected chi connectivity index (χ1v) is 9.13. The Hall–Kier alpha value is -0.870. The Kier molecular flexibility index (Phi) is 6.69. The zero-order chi connectivity index (χ0) is 15.2. The second-order valence-corrected chi connectivity index (χ2v) is 7.88. The van der Waals surface area contributed by atoms with Crippen molar-refractivity contribution < 1.29 is 8.42 Å². The zero-order valence-corrected chi connectivity index (χ0v) is 13.8. The summed E-state index contributed by atoms with van der Waals surface area (Å²) in [5.41, 5.74) is 1.05. The molecule has 20 heavy (non-hydrogen) atoms. The van der Waals surface area contributed by atoms with Crippen molar-refractivity contribution in [3.05, 3.63) is 35.9 Å². The maximum absolute atomic E-state index is 12.6. The van der Waals surface area contributed by atoms with Crippen LogP contribution in [-0.4, -0.2) is 26.0 Å². The summed E-state index contributed by atoms with van der Waals surface area (Å²) in [5.74, 6) is 0.410. The molecule has 1 rings (SSSR count). The van der Waals surface area contributed by atoms with E-state index in [2.05, 4.69) is 5.32 Å². The minimum atomic E-state index is -3.10. The molecule has 2 atom stereocenters. The van der Waals surface area contributed by atoms with Gasteiger partial charge in [0, 0.05) is 6.04 Å². The number of hydrogen-bond acceptors (Lipinski definition) is 3. The summed E-state index contributed by atoms with van der Waals surface area (Å²) in [6.45, 7) is 8.63. The highest BCUT2D eigenvalue weighted by atomic mass is 32.2. The third-order valence-electron chi connectivity index (χ3n) is 3.38. The first kappa shape index (κ1) is 17.2. The van der Waals surface area contributed by atoms with Gasteiger partial charge in [-0.05, 0) is 24.4 Å². The highest BCUT2D eigenvalue weighted by molar-refractivity contribution is 7.92. The number of benzene rings is 1. The second kappa shape index (κ2) is 7.79. The van der Waals surface area contributed by atoms with E-state index in [1.54, 1.807) is 0 Å². The number of nitrogens with one attached hydrogen (secondary N) is 1. The molecule has 0 heterocycles. The molecule has 0 fully saturated rings. The van der Waals surface area contributed by atoms with Gasteiger partial charge in [-0.25, -0.2) is 8.42 Å². The molecule has 3 nitrogen and oxygen atoms in total. The van der Waals surface area contributed by atoms with Crippen molar-refractivity contribution in [3.63, 3.8) is 0 Å². The van der Waals surface area contributed by atoms with Crippen molar-refractivity contribution in [1.82, 2.24) is 5.32 Å². The number of sulfone groups is 1. The van der Waals surface area contributed by atoms with Crippen LogP contribution in [0.25, 0.3) is 0 Å². The topological polar surface area (TPSA) is 46.2 Å². The molecule has 0 aliphatic carbocycles. The van der Waals surface area contributed by atoms with Crippen molar-refractivity contribution in [2.24, 2.45) is 5.92 Å². The van der Waals surface area contributed by atoms with E-state index in [9.17, 15) is 8.42 Å². The van der Waals surface area contributed by atoms with Crippen molar-refractivity contribution in [2.45, 2.75) is 45.4 Å². The van der Waals surface area contributed by atoms with Crippen LogP contribution >= 0.6 is 0 Å². The minimum absolute atomic E-state index is 0.130. The van der Waals surface area contributed by atoms with Crippen LogP contribution in [0.15, 0.2) is 30.3 Å². The minimum Gasteiger partial charge on any atom is -0.309 e. The Balaban J connectivity index is 3.10. The number of hydrogen-bond donors (Lipinski definition) is 1. The molecule has 0 saturated heterocycles. The van der Waals surface area contributed by atoms with E-state index >= 15 is 0 Å². The fraction of sp³-hybridized carbons (Fsp3) is 0.625. The fourth-order valence-corrected chi connectivity index (χ4v) is 4.98. The summed E-state index contributed by atoms with van der Waals surface area (Å²) in [7, 11) is -3.10. The Morgan fingerprint density at radius 3 is 2.15 bits per heavy atom. The monoisotopic (exact) mass is 297 g/mol. The third-order valence-corrected chi connectivity index (χ3v) is 6.04. The van der Waals surface area contributed by atoms with Crippen molar-refractivity contribution in [3.8, 4) is 0 Å². The lowest BCUT2D eigenvalue weighted by Gasteiger charge is -2.28. The van der Waals surface area contributed by atoms with Crippen LogP contribution in [-0.2, 0) is 9.84 Å². The van der Waals surface area contributed by atoms with Crippen molar-refractivity contribution in [1.29, 1.82) is 0 Å². The van der Waals surface area contributed by atoms with Gasteiger partial charge in [0.25, 0.3) is 0 Å². The highest BCUT2D eigenvalue weighted by Crippen LogP contribution is 2.26. The Labute approximate surface area is 123 Å². The largest absolute Gasteiger partial charge is 0.309 e. The van der Waals surface area contributed by atoms with E-state index < -0.39 is 9.84 Å². The summed E-state index contributed by atoms with van der Waals surface area (Å²) >= 11 is 0. The molecular formula is C16H27NO2S. The molecule has 4 heteroatoms. The molecule has 0 radical (unpaired) electrons. The van der Waals surface area contributed by atoms with Gasteiger partial charge in [0.1, 0.15) is 0 Å². The SMILES string of the molecule is CCNC(c1ccccc1)C(CC)S(=O)(=O)CC(C)C. The quantitative estimate of drug-likeness (QED) is 0.801. The molecule has 114 valence electrons. The van der Waals surface area contributed by atoms with Gasteiger partial charge in [-0.15, -0.1) is 0 Å². The van der Waals surface area contributed by atoms with E-state index in [0.29, 0.717) is 6.42 Å². The Morgan fingerprint density at radius 1 is 1.10 bits per heavy atom. The van der Waals surface area contributed by atoms with Gasteiger partial charge >= 0.3 is 0 Å². The average molecular weight is 297 g/mol. The predicted molar refractivity (Wildman–Crippen MR) is 85.6 cm³/mol. The smallest absolute Gasteiger partial charge is 0.155 e. The molecular weight excluding hydrogens is 270 g/mol. The predicted octanol–water partition coefficient (Wildman–Crippen LogP) is 3.19. The standard InChI is InChI=1S/C16H27NO2S/c1-5-15(20(18,19)12-13(3)4)16(17-6-2)14-10-8-7-9-11-14/h7-11,13,15-17H,5-6,12H2,1-4H3. The van der Waals surface area contributed by atoms with Gasteiger partial charge in [0.15, 0.2) is 9.84 Å². The molecule has 0 aliphatic heterocycles. The van der Waals surface area contributed by atoms with Gasteiger partial charge in [0.05, 0.1) is 11.0 Å². The van der Waals surface area contributed by atoms with E-state index in [0.717, 1.165) is 12.1 Å². The van der Waals surface area contributed by atoms with Gasteiger partial charge < -0.3 is 5.32 Å². The van der Waals surface area contributed by atoms with Gasteiger partial charge in [-0.1, -0.05) is 58.0 Å². The molecule has 0 aliphatic rings. The van der Waals surface area contributed by atoms with E-state index in [4.69, 9.17) is 0 Å². The molecule has 0 aromatic heterocycles. The molecule has 1 aromatic rings. The van der Waals surface area contributed by atoms with Gasteiger partial charge in [-0.2, -0.15) is 0 Å². The summed E-state index contributed by atoms with van der Waals surface area (Å²) in [4.78, 5) is 0. The average Bonchev–Trinajstić information content (AvgIpc) is 2.37. The second-order valence-electron chi connectivity index (χ2n) is 5.62. The first-order chi connectivity index (χ1) is 9.42. The van der Waals surface area contributed by atoms with Crippen LogP contribution < -0.4 is 5.32 Å². The molecule has 0 spiro atoms. The van der Waals surface area contributed by atoms with Gasteiger partial charge in [0.2, 0.25) is 0 Å². The molecule has 1 aromatic carbocycles. The van der Waals surface area contributed by atoms with Crippen molar-refractivity contribution in [2.75, 3.05) is 12.3 Å². The van der Waals surface area contributed by atoms with Crippen LogP contribution in [0.5, 0.6) is 0 Å². The van der Waals surface area contributed by atoms with Crippen LogP contribution in [0.4, 0.5) is 0 Å². The fourth-order valence-electron chi connectivity index (χ4n) is 2.63. The van der Waals surface area contributed by atoms with Crippen LogP contribution in [0.2, 0.25) is 0 Å². The summed E-state index contributed by atoms with van der Waals surface area (Å²) < 4.78 is 25.2. The van der Waals surface area contributed by atoms with Crippen LogP contribution in [0.3, 0.4) is 0 Å². The maximum Gasteiger partial charge on any atom is 0.155 e.